The molecule has 0 aromatic carbocycles. The molecule has 0 saturated carbocycles. The van der Waals surface area contributed by atoms with Crippen molar-refractivity contribution in [3.63, 3.8) is 0 Å². The number of rotatable bonds is 33. The first-order valence-electron chi connectivity index (χ1n) is 19.1. The number of quaternary nitrogens is 1. The lowest BCUT2D eigenvalue weighted by atomic mass is 10.1. The molecule has 0 fully saturated rings. The van der Waals surface area contributed by atoms with E-state index in [1.54, 1.807) is 0 Å². The van der Waals surface area contributed by atoms with Gasteiger partial charge in [0.15, 0.2) is 12.1 Å². The van der Waals surface area contributed by atoms with Gasteiger partial charge in [-0.3, -0.25) is 9.59 Å². The van der Waals surface area contributed by atoms with Crippen molar-refractivity contribution in [1.29, 1.82) is 0 Å². The van der Waals surface area contributed by atoms with E-state index in [1.165, 1.54) is 51.4 Å². The minimum absolute atomic E-state index is 0.0560. The van der Waals surface area contributed by atoms with E-state index in [4.69, 9.17) is 14.2 Å². The fraction of sp³-hybridized carbons (Fsp3) is 0.775. The molecule has 0 aliphatic rings. The molecule has 0 bridgehead atoms. The van der Waals surface area contributed by atoms with Gasteiger partial charge in [-0.2, -0.15) is 0 Å². The van der Waals surface area contributed by atoms with Crippen LogP contribution in [0, 0.1) is 0 Å². The summed E-state index contributed by atoms with van der Waals surface area (Å²) in [6.45, 7) is 4.56. The summed E-state index contributed by atoms with van der Waals surface area (Å²) in [5.41, 5.74) is 0. The maximum absolute atomic E-state index is 12.6. The van der Waals surface area contributed by atoms with Gasteiger partial charge in [0.2, 0.25) is 0 Å². The van der Waals surface area contributed by atoms with Crippen molar-refractivity contribution in [3.8, 4) is 0 Å². The van der Waals surface area contributed by atoms with Crippen LogP contribution in [0.5, 0.6) is 0 Å². The fourth-order valence-corrected chi connectivity index (χ4v) is 5.38. The molecule has 0 aliphatic carbocycles. The van der Waals surface area contributed by atoms with Gasteiger partial charge in [-0.15, -0.1) is 0 Å². The van der Waals surface area contributed by atoms with Crippen molar-refractivity contribution in [2.45, 2.75) is 161 Å². The molecule has 0 aromatic rings. The lowest BCUT2D eigenvalue weighted by molar-refractivity contribution is -0.887. The molecule has 2 unspecified atom stereocenters. The molecule has 8 heteroatoms. The Morgan fingerprint density at radius 2 is 1.17 bits per heavy atom. The van der Waals surface area contributed by atoms with Crippen molar-refractivity contribution in [2.75, 3.05) is 41.0 Å². The van der Waals surface area contributed by atoms with E-state index in [0.717, 1.165) is 64.2 Å². The lowest BCUT2D eigenvalue weighted by Gasteiger charge is -2.31. The van der Waals surface area contributed by atoms with Gasteiger partial charge in [-0.1, -0.05) is 134 Å². The van der Waals surface area contributed by atoms with E-state index >= 15 is 0 Å². The van der Waals surface area contributed by atoms with Gasteiger partial charge in [0, 0.05) is 19.3 Å². The van der Waals surface area contributed by atoms with Crippen LogP contribution in [0.3, 0.4) is 0 Å². The molecule has 0 aliphatic heterocycles. The average molecular weight is 679 g/mol. The minimum atomic E-state index is -0.879. The number of ether oxygens (including phenoxy) is 3. The Bertz CT molecular complexity index is 891. The predicted molar refractivity (Wildman–Crippen MR) is 197 cm³/mol. The highest BCUT2D eigenvalue weighted by molar-refractivity contribution is 5.72. The number of aliphatic carboxylic acids is 1. The van der Waals surface area contributed by atoms with Crippen molar-refractivity contribution in [1.82, 2.24) is 0 Å². The molecule has 8 nitrogen and oxygen atoms in total. The maximum atomic E-state index is 12.6. The Kier molecular flexibility index (Phi) is 30.2. The summed E-state index contributed by atoms with van der Waals surface area (Å²) >= 11 is 0. The van der Waals surface area contributed by atoms with Crippen molar-refractivity contribution >= 4 is 17.9 Å². The molecule has 0 saturated heterocycles. The van der Waals surface area contributed by atoms with Crippen LogP contribution in [0.2, 0.25) is 0 Å². The van der Waals surface area contributed by atoms with E-state index < -0.39 is 18.1 Å². The Labute approximate surface area is 293 Å². The Balaban J connectivity index is 4.45. The van der Waals surface area contributed by atoms with E-state index in [-0.39, 0.29) is 36.2 Å². The maximum Gasteiger partial charge on any atom is 0.362 e. The molecule has 48 heavy (non-hydrogen) atoms. The number of hydrogen-bond donors (Lipinski definition) is 1. The van der Waals surface area contributed by atoms with Crippen LogP contribution in [0.15, 0.2) is 36.5 Å². The van der Waals surface area contributed by atoms with Crippen molar-refractivity contribution in [2.24, 2.45) is 0 Å². The number of carboxylic acids is 1. The third-order valence-corrected chi connectivity index (χ3v) is 8.37. The molecule has 1 N–H and O–H groups in total. The minimum Gasteiger partial charge on any atom is -0.477 e. The average Bonchev–Trinajstić information content (AvgIpc) is 3.03. The highest BCUT2D eigenvalue weighted by atomic mass is 16.6. The summed E-state index contributed by atoms with van der Waals surface area (Å²) in [6, 6.07) is -0.614. The van der Waals surface area contributed by atoms with Gasteiger partial charge in [-0.25, -0.2) is 4.79 Å². The third-order valence-electron chi connectivity index (χ3n) is 8.37. The highest BCUT2D eigenvalue weighted by Crippen LogP contribution is 2.14. The summed E-state index contributed by atoms with van der Waals surface area (Å²) in [7, 11) is 5.51. The number of likely N-dealkylation sites (N-methyl/N-ethyl adjacent to an activating group) is 1. The molecule has 2 atom stereocenters. The highest BCUT2D eigenvalue weighted by Gasteiger charge is 2.31. The molecule has 0 amide bonds. The summed E-state index contributed by atoms with van der Waals surface area (Å²) in [6.07, 6.45) is 33.2. The van der Waals surface area contributed by atoms with Gasteiger partial charge in [0.05, 0.1) is 34.4 Å². The van der Waals surface area contributed by atoms with E-state index in [0.29, 0.717) is 19.3 Å². The van der Waals surface area contributed by atoms with E-state index in [1.807, 2.05) is 27.2 Å². The first-order chi connectivity index (χ1) is 23.1. The first kappa shape index (κ1) is 45.6. The summed E-state index contributed by atoms with van der Waals surface area (Å²) in [5.74, 6) is -1.50. The van der Waals surface area contributed by atoms with Gasteiger partial charge < -0.3 is 23.8 Å². The summed E-state index contributed by atoms with van der Waals surface area (Å²) in [4.78, 5) is 36.7. The number of esters is 2. The Morgan fingerprint density at radius 3 is 1.71 bits per heavy atom. The monoisotopic (exact) mass is 679 g/mol. The second-order valence-corrected chi connectivity index (χ2v) is 13.9. The van der Waals surface area contributed by atoms with Crippen LogP contribution in [-0.4, -0.2) is 80.6 Å². The summed E-state index contributed by atoms with van der Waals surface area (Å²) in [5, 5.41) is 9.57. The van der Waals surface area contributed by atoms with Crippen LogP contribution in [-0.2, 0) is 28.6 Å². The number of carboxylic acid groups (broad SMARTS) is 1. The second-order valence-electron chi connectivity index (χ2n) is 13.9. The van der Waals surface area contributed by atoms with Gasteiger partial charge in [-0.05, 0) is 32.1 Å². The number of carbonyl (C=O) groups excluding carboxylic acids is 2. The number of nitrogens with zero attached hydrogens (tertiary/aromatic N) is 1. The van der Waals surface area contributed by atoms with Crippen molar-refractivity contribution < 1.29 is 38.2 Å². The number of allylic oxidation sites excluding steroid dienone is 6. The smallest absolute Gasteiger partial charge is 0.362 e. The summed E-state index contributed by atoms with van der Waals surface area (Å²) < 4.78 is 17.2. The molecule has 0 radical (unpaired) electrons. The predicted octanol–water partition coefficient (Wildman–Crippen LogP) is 9.52. The largest absolute Gasteiger partial charge is 0.477 e. The van der Waals surface area contributed by atoms with E-state index in [2.05, 4.69) is 44.2 Å². The van der Waals surface area contributed by atoms with Crippen LogP contribution in [0.4, 0.5) is 0 Å². The SMILES string of the molecule is CC/C=C/C=C/C=C/CCCCCCCC(=O)OCC(COCCC(C(=O)O)[N+](C)(C)C)OC(=O)CCCCCCCCCCCCC. The fourth-order valence-electron chi connectivity index (χ4n) is 5.38. The van der Waals surface area contributed by atoms with Crippen LogP contribution >= 0.6 is 0 Å². The van der Waals surface area contributed by atoms with Crippen molar-refractivity contribution in [3.05, 3.63) is 36.5 Å². The zero-order valence-electron chi connectivity index (χ0n) is 31.4. The molecule has 0 spiro atoms. The van der Waals surface area contributed by atoms with Crippen LogP contribution < -0.4 is 0 Å². The van der Waals surface area contributed by atoms with Crippen LogP contribution in [0.1, 0.15) is 149 Å². The normalized spacial score (nSPS) is 13.4. The molecule has 0 heterocycles. The molecular weight excluding hydrogens is 606 g/mol. The van der Waals surface area contributed by atoms with E-state index in [9.17, 15) is 19.5 Å². The zero-order valence-corrected chi connectivity index (χ0v) is 31.4. The van der Waals surface area contributed by atoms with Gasteiger partial charge >= 0.3 is 17.9 Å². The first-order valence-corrected chi connectivity index (χ1v) is 19.1. The lowest BCUT2D eigenvalue weighted by Crippen LogP contribution is -2.50. The number of carbonyl (C=O) groups is 3. The second kappa shape index (κ2) is 31.8. The number of hydrogen-bond acceptors (Lipinski definition) is 6. The topological polar surface area (TPSA) is 99.1 Å². The molecule has 0 aromatic heterocycles. The standard InChI is InChI=1S/C40H71NO7/c1-6-8-10-12-14-16-18-19-21-22-24-26-28-30-38(42)47-35-36(34-46-33-32-37(40(44)45)41(3,4)5)48-39(43)31-29-27-25-23-20-17-15-13-11-9-7-2/h8,10,12,14,16,18,36-37H,6-7,9,11,13,15,17,19-35H2,1-5H3/p+1/b10-8+,14-12+,18-16+. The quantitative estimate of drug-likeness (QED) is 0.0319. The van der Waals surface area contributed by atoms with Gasteiger partial charge in [0.25, 0.3) is 0 Å². The molecular formula is C40H72NO7+. The molecule has 0 rings (SSSR count). The number of unbranched alkanes of at least 4 members (excludes halogenated alkanes) is 15. The Morgan fingerprint density at radius 1 is 0.646 bits per heavy atom. The zero-order chi connectivity index (χ0) is 35.7. The van der Waals surface area contributed by atoms with Gasteiger partial charge in [0.1, 0.15) is 6.61 Å². The third kappa shape index (κ3) is 29.7. The molecule has 278 valence electrons. The Hall–Kier alpha value is -2.45. The van der Waals surface area contributed by atoms with Crippen LogP contribution in [0.25, 0.3) is 0 Å².